The summed E-state index contributed by atoms with van der Waals surface area (Å²) in [5.41, 5.74) is 1.15. The minimum atomic E-state index is 0.710. The minimum Gasteiger partial charge on any atom is -0.356 e. The van der Waals surface area contributed by atoms with Gasteiger partial charge >= 0.3 is 0 Å². The largest absolute Gasteiger partial charge is 0.356 e. The first-order chi connectivity index (χ1) is 13.7. The summed E-state index contributed by atoms with van der Waals surface area (Å²) in [5, 5.41) is 6.72. The van der Waals surface area contributed by atoms with Gasteiger partial charge in [0.15, 0.2) is 5.96 Å². The van der Waals surface area contributed by atoms with Crippen LogP contribution in [0.15, 0.2) is 58.5 Å². The molecular formula is C21H30N6S. The van der Waals surface area contributed by atoms with Gasteiger partial charge in [0.05, 0.1) is 0 Å². The van der Waals surface area contributed by atoms with Crippen molar-refractivity contribution in [3.05, 3.63) is 54.2 Å². The Labute approximate surface area is 172 Å². The number of thioether (sulfide) groups is 1. The van der Waals surface area contributed by atoms with Crippen LogP contribution in [-0.4, -0.2) is 68.4 Å². The van der Waals surface area contributed by atoms with Crippen LogP contribution in [0.4, 0.5) is 5.82 Å². The van der Waals surface area contributed by atoms with E-state index in [1.165, 1.54) is 4.90 Å². The van der Waals surface area contributed by atoms with Crippen LogP contribution >= 0.6 is 11.8 Å². The van der Waals surface area contributed by atoms with Crippen LogP contribution < -0.4 is 15.5 Å². The normalized spacial score (nSPS) is 15.5. The van der Waals surface area contributed by atoms with Gasteiger partial charge in [0, 0.05) is 63.2 Å². The number of nitrogens with zero attached hydrogens (tertiary/aromatic N) is 4. The number of benzene rings is 1. The quantitative estimate of drug-likeness (QED) is 0.323. The van der Waals surface area contributed by atoms with Gasteiger partial charge in [-0.05, 0) is 30.8 Å². The molecule has 0 saturated carbocycles. The van der Waals surface area contributed by atoms with Crippen molar-refractivity contribution in [2.45, 2.75) is 11.4 Å². The minimum absolute atomic E-state index is 0.710. The zero-order chi connectivity index (χ0) is 19.6. The number of aliphatic imine (C=N–C) groups is 1. The van der Waals surface area contributed by atoms with Crippen LogP contribution in [-0.2, 0) is 6.54 Å². The first-order valence-corrected chi connectivity index (χ1v) is 10.7. The van der Waals surface area contributed by atoms with Crippen LogP contribution in [0.3, 0.4) is 0 Å². The SMILES string of the molecule is CN=C(NCCSc1ccccc1)NCc1ccc(N2CCN(C)CC2)nc1. The Morgan fingerprint density at radius 3 is 2.54 bits per heavy atom. The van der Waals surface area contributed by atoms with Gasteiger partial charge in [0.2, 0.25) is 0 Å². The molecule has 0 atom stereocenters. The summed E-state index contributed by atoms with van der Waals surface area (Å²) in [5.74, 6) is 2.88. The van der Waals surface area contributed by atoms with Crippen LogP contribution in [0.25, 0.3) is 0 Å². The second-order valence-corrected chi connectivity index (χ2v) is 8.00. The molecule has 7 heteroatoms. The highest BCUT2D eigenvalue weighted by Gasteiger charge is 2.14. The lowest BCUT2D eigenvalue weighted by Gasteiger charge is -2.33. The number of rotatable bonds is 7. The van der Waals surface area contributed by atoms with E-state index >= 15 is 0 Å². The number of likely N-dealkylation sites (N-methyl/N-ethyl adjacent to an activating group) is 1. The van der Waals surface area contributed by atoms with Crippen LogP contribution in [0, 0.1) is 0 Å². The first-order valence-electron chi connectivity index (χ1n) is 9.75. The summed E-state index contributed by atoms with van der Waals surface area (Å²) in [6.07, 6.45) is 1.96. The Kier molecular flexibility index (Phi) is 7.99. The Morgan fingerprint density at radius 1 is 1.07 bits per heavy atom. The van der Waals surface area contributed by atoms with E-state index in [2.05, 4.69) is 73.9 Å². The average molecular weight is 399 g/mol. The Bertz CT molecular complexity index is 726. The maximum atomic E-state index is 4.64. The van der Waals surface area contributed by atoms with Gasteiger partial charge < -0.3 is 20.4 Å². The maximum Gasteiger partial charge on any atom is 0.191 e. The molecule has 0 bridgehead atoms. The van der Waals surface area contributed by atoms with E-state index < -0.39 is 0 Å². The average Bonchev–Trinajstić information content (AvgIpc) is 2.75. The molecule has 1 aromatic heterocycles. The van der Waals surface area contributed by atoms with Crippen molar-refractivity contribution >= 4 is 23.5 Å². The number of guanidine groups is 1. The molecule has 0 amide bonds. The lowest BCUT2D eigenvalue weighted by atomic mass is 10.2. The number of hydrogen-bond acceptors (Lipinski definition) is 5. The molecule has 1 fully saturated rings. The Morgan fingerprint density at radius 2 is 1.86 bits per heavy atom. The zero-order valence-electron chi connectivity index (χ0n) is 16.8. The predicted molar refractivity (Wildman–Crippen MR) is 119 cm³/mol. The van der Waals surface area contributed by atoms with E-state index in [9.17, 15) is 0 Å². The number of anilines is 1. The smallest absolute Gasteiger partial charge is 0.191 e. The van der Waals surface area contributed by atoms with Gasteiger partial charge in [0.1, 0.15) is 5.82 Å². The van der Waals surface area contributed by atoms with Crippen molar-refractivity contribution in [3.63, 3.8) is 0 Å². The molecule has 0 aliphatic carbocycles. The number of pyridine rings is 1. The zero-order valence-corrected chi connectivity index (χ0v) is 17.6. The number of aromatic nitrogens is 1. The first kappa shape index (κ1) is 20.5. The van der Waals surface area contributed by atoms with Crippen LogP contribution in [0.5, 0.6) is 0 Å². The molecule has 28 heavy (non-hydrogen) atoms. The summed E-state index contributed by atoms with van der Waals surface area (Å²) in [6.45, 7) is 5.84. The highest BCUT2D eigenvalue weighted by molar-refractivity contribution is 7.99. The summed E-state index contributed by atoms with van der Waals surface area (Å²) in [7, 11) is 3.97. The van der Waals surface area contributed by atoms with Crippen molar-refractivity contribution in [3.8, 4) is 0 Å². The maximum absolute atomic E-state index is 4.64. The molecule has 0 radical (unpaired) electrons. The van der Waals surface area contributed by atoms with Gasteiger partial charge in [0.25, 0.3) is 0 Å². The fourth-order valence-electron chi connectivity index (χ4n) is 3.01. The molecule has 1 saturated heterocycles. The van der Waals surface area contributed by atoms with Crippen molar-refractivity contribution in [1.82, 2.24) is 20.5 Å². The second-order valence-electron chi connectivity index (χ2n) is 6.83. The van der Waals surface area contributed by atoms with E-state index in [1.54, 1.807) is 7.05 Å². The van der Waals surface area contributed by atoms with Gasteiger partial charge in [-0.25, -0.2) is 4.98 Å². The van der Waals surface area contributed by atoms with Gasteiger partial charge in [-0.1, -0.05) is 24.3 Å². The van der Waals surface area contributed by atoms with E-state index in [1.807, 2.05) is 24.0 Å². The fourth-order valence-corrected chi connectivity index (χ4v) is 3.79. The lowest BCUT2D eigenvalue weighted by molar-refractivity contribution is 0.312. The highest BCUT2D eigenvalue weighted by Crippen LogP contribution is 2.16. The molecule has 0 spiro atoms. The van der Waals surface area contributed by atoms with Crippen molar-refractivity contribution in [1.29, 1.82) is 0 Å². The summed E-state index contributed by atoms with van der Waals surface area (Å²) >= 11 is 1.84. The van der Waals surface area contributed by atoms with E-state index in [0.717, 1.165) is 55.8 Å². The standard InChI is InChI=1S/C21H30N6S/c1-22-21(23-10-15-28-19-6-4-3-5-7-19)25-17-18-8-9-20(24-16-18)27-13-11-26(2)12-14-27/h3-9,16H,10-15,17H2,1-2H3,(H2,22,23,25). The molecule has 1 aromatic carbocycles. The summed E-state index contributed by atoms with van der Waals surface area (Å²) in [6, 6.07) is 14.7. The number of nitrogens with one attached hydrogen (secondary N) is 2. The predicted octanol–water partition coefficient (Wildman–Crippen LogP) is 2.29. The number of piperazine rings is 1. The van der Waals surface area contributed by atoms with Crippen molar-refractivity contribution in [2.75, 3.05) is 57.5 Å². The lowest BCUT2D eigenvalue weighted by Crippen LogP contribution is -2.44. The second kappa shape index (κ2) is 10.9. The van der Waals surface area contributed by atoms with Crippen LogP contribution in [0.1, 0.15) is 5.56 Å². The molecule has 3 rings (SSSR count). The van der Waals surface area contributed by atoms with Crippen molar-refractivity contribution < 1.29 is 0 Å². The summed E-state index contributed by atoms with van der Waals surface area (Å²) in [4.78, 5) is 14.9. The topological polar surface area (TPSA) is 55.8 Å². The molecule has 150 valence electrons. The molecule has 6 nitrogen and oxygen atoms in total. The molecular weight excluding hydrogens is 368 g/mol. The van der Waals surface area contributed by atoms with E-state index in [4.69, 9.17) is 0 Å². The van der Waals surface area contributed by atoms with Gasteiger partial charge in [-0.2, -0.15) is 0 Å². The molecule has 2 aromatic rings. The van der Waals surface area contributed by atoms with E-state index in [-0.39, 0.29) is 0 Å². The molecule has 0 unspecified atom stereocenters. The Balaban J connectivity index is 1.38. The van der Waals surface area contributed by atoms with E-state index in [0.29, 0.717) is 6.54 Å². The molecule has 1 aliphatic heterocycles. The third kappa shape index (κ3) is 6.42. The molecule has 2 heterocycles. The monoisotopic (exact) mass is 398 g/mol. The number of hydrogen-bond donors (Lipinski definition) is 2. The fraction of sp³-hybridized carbons (Fsp3) is 0.429. The Hall–Kier alpha value is -2.25. The molecule has 1 aliphatic rings. The van der Waals surface area contributed by atoms with Gasteiger partial charge in [-0.3, -0.25) is 4.99 Å². The third-order valence-electron chi connectivity index (χ3n) is 4.73. The highest BCUT2D eigenvalue weighted by atomic mass is 32.2. The molecule has 2 N–H and O–H groups in total. The summed E-state index contributed by atoms with van der Waals surface area (Å²) < 4.78 is 0. The van der Waals surface area contributed by atoms with Crippen molar-refractivity contribution in [2.24, 2.45) is 4.99 Å². The third-order valence-corrected chi connectivity index (χ3v) is 5.74. The van der Waals surface area contributed by atoms with Crippen LogP contribution in [0.2, 0.25) is 0 Å². The van der Waals surface area contributed by atoms with Gasteiger partial charge in [-0.15, -0.1) is 11.8 Å².